The third kappa shape index (κ3) is 2.55. The Balaban J connectivity index is 2.05. The van der Waals surface area contributed by atoms with Gasteiger partial charge in [0.2, 0.25) is 5.88 Å². The van der Waals surface area contributed by atoms with Crippen molar-refractivity contribution in [2.24, 2.45) is 17.3 Å². The highest BCUT2D eigenvalue weighted by Gasteiger charge is 2.15. The molecule has 3 aromatic rings. The van der Waals surface area contributed by atoms with E-state index >= 15 is 0 Å². The van der Waals surface area contributed by atoms with Crippen LogP contribution in [-0.2, 0) is 7.05 Å². The van der Waals surface area contributed by atoms with E-state index in [1.165, 1.54) is 12.1 Å². The highest BCUT2D eigenvalue weighted by atomic mass is 16.3. The minimum Gasteiger partial charge on any atom is -0.507 e. The van der Waals surface area contributed by atoms with Gasteiger partial charge in [-0.1, -0.05) is 23.8 Å². The number of aromatic hydroxyl groups is 2. The number of phenolic OH excluding ortho intramolecular Hbond substituents is 1. The summed E-state index contributed by atoms with van der Waals surface area (Å²) in [5, 5.41) is 28.1. The van der Waals surface area contributed by atoms with Crippen molar-refractivity contribution in [2.75, 3.05) is 0 Å². The summed E-state index contributed by atoms with van der Waals surface area (Å²) in [6.07, 6.45) is 0. The van der Waals surface area contributed by atoms with Gasteiger partial charge in [0, 0.05) is 12.4 Å². The van der Waals surface area contributed by atoms with Crippen molar-refractivity contribution < 1.29 is 15.0 Å². The number of para-hydroxylation sites is 1. The van der Waals surface area contributed by atoms with Gasteiger partial charge in [0.25, 0.3) is 5.91 Å². The highest BCUT2D eigenvalue weighted by Crippen LogP contribution is 2.38. The van der Waals surface area contributed by atoms with Crippen molar-refractivity contribution in [1.29, 1.82) is 0 Å². The SMILES string of the molecule is Cc1ccc2c(c1)c(N=NC(=O)c1ccccc1O)c(O)n2C. The number of hydrogen-bond acceptors (Lipinski definition) is 4. The molecule has 0 saturated carbocycles. The smallest absolute Gasteiger partial charge is 0.299 e. The molecule has 0 fully saturated rings. The molecule has 2 aromatic carbocycles. The fourth-order valence-corrected chi connectivity index (χ4v) is 2.43. The van der Waals surface area contributed by atoms with Crippen LogP contribution in [0.4, 0.5) is 5.69 Å². The summed E-state index contributed by atoms with van der Waals surface area (Å²) >= 11 is 0. The van der Waals surface area contributed by atoms with Crippen LogP contribution in [0.3, 0.4) is 0 Å². The largest absolute Gasteiger partial charge is 0.507 e. The number of fused-ring (bicyclic) bond motifs is 1. The Morgan fingerprint density at radius 1 is 1.13 bits per heavy atom. The van der Waals surface area contributed by atoms with E-state index in [2.05, 4.69) is 10.2 Å². The van der Waals surface area contributed by atoms with Crippen LogP contribution in [-0.4, -0.2) is 20.7 Å². The van der Waals surface area contributed by atoms with Crippen LogP contribution in [0, 0.1) is 6.92 Å². The average molecular weight is 309 g/mol. The molecule has 0 aliphatic heterocycles. The second kappa shape index (κ2) is 5.57. The molecule has 0 bridgehead atoms. The van der Waals surface area contributed by atoms with Gasteiger partial charge in [0.1, 0.15) is 5.75 Å². The van der Waals surface area contributed by atoms with Crippen LogP contribution >= 0.6 is 0 Å². The Morgan fingerprint density at radius 3 is 2.61 bits per heavy atom. The number of rotatable bonds is 2. The van der Waals surface area contributed by atoms with Crippen LogP contribution in [0.1, 0.15) is 15.9 Å². The fraction of sp³-hybridized carbons (Fsp3) is 0.118. The predicted octanol–water partition coefficient (Wildman–Crippen LogP) is 3.82. The molecule has 0 aliphatic rings. The number of carbonyl (C=O) groups excluding carboxylic acids is 1. The summed E-state index contributed by atoms with van der Waals surface area (Å²) in [6, 6.07) is 11.8. The predicted molar refractivity (Wildman–Crippen MR) is 86.3 cm³/mol. The maximum atomic E-state index is 12.1. The maximum absolute atomic E-state index is 12.1. The first kappa shape index (κ1) is 14.8. The summed E-state index contributed by atoms with van der Waals surface area (Å²) in [5.41, 5.74) is 2.09. The molecule has 0 radical (unpaired) electrons. The molecule has 6 nitrogen and oxygen atoms in total. The van der Waals surface area contributed by atoms with Crippen molar-refractivity contribution in [3.63, 3.8) is 0 Å². The van der Waals surface area contributed by atoms with Gasteiger partial charge in [-0.15, -0.1) is 10.2 Å². The van der Waals surface area contributed by atoms with E-state index in [0.717, 1.165) is 11.1 Å². The van der Waals surface area contributed by atoms with E-state index in [0.29, 0.717) is 5.39 Å². The monoisotopic (exact) mass is 309 g/mol. The Labute approximate surface area is 132 Å². The molecule has 23 heavy (non-hydrogen) atoms. The second-order valence-corrected chi connectivity index (χ2v) is 5.27. The number of aromatic nitrogens is 1. The Hall–Kier alpha value is -3.15. The van der Waals surface area contributed by atoms with Crippen molar-refractivity contribution >= 4 is 22.5 Å². The normalized spacial score (nSPS) is 11.4. The Bertz CT molecular complexity index is 942. The molecule has 0 atom stereocenters. The topological polar surface area (TPSA) is 87.2 Å². The average Bonchev–Trinajstić information content (AvgIpc) is 2.76. The molecule has 1 aromatic heterocycles. The number of amides is 1. The van der Waals surface area contributed by atoms with Crippen molar-refractivity contribution in [3.05, 3.63) is 53.6 Å². The van der Waals surface area contributed by atoms with Gasteiger partial charge in [0.05, 0.1) is 11.1 Å². The minimum absolute atomic E-state index is 0.0622. The van der Waals surface area contributed by atoms with Crippen molar-refractivity contribution in [2.45, 2.75) is 6.92 Å². The summed E-state index contributed by atoms with van der Waals surface area (Å²) < 4.78 is 1.58. The lowest BCUT2D eigenvalue weighted by Gasteiger charge is -1.98. The molecular weight excluding hydrogens is 294 g/mol. The summed E-state index contributed by atoms with van der Waals surface area (Å²) in [6.45, 7) is 1.93. The van der Waals surface area contributed by atoms with E-state index in [-0.39, 0.29) is 22.9 Å². The molecule has 6 heteroatoms. The molecule has 0 aliphatic carbocycles. The number of nitrogens with zero attached hydrogens (tertiary/aromatic N) is 3. The third-order valence-electron chi connectivity index (χ3n) is 3.67. The number of aryl methyl sites for hydroxylation is 2. The second-order valence-electron chi connectivity index (χ2n) is 5.27. The lowest BCUT2D eigenvalue weighted by atomic mass is 10.1. The molecule has 2 N–H and O–H groups in total. The number of hydrogen-bond donors (Lipinski definition) is 2. The zero-order valence-corrected chi connectivity index (χ0v) is 12.7. The molecule has 1 heterocycles. The maximum Gasteiger partial charge on any atom is 0.299 e. The molecule has 1 amide bonds. The molecular formula is C17H15N3O3. The van der Waals surface area contributed by atoms with E-state index in [1.54, 1.807) is 23.7 Å². The number of benzene rings is 2. The summed E-state index contributed by atoms with van der Waals surface area (Å²) in [5.74, 6) is -0.902. The molecule has 0 unspecified atom stereocenters. The van der Waals surface area contributed by atoms with Gasteiger partial charge >= 0.3 is 0 Å². The van der Waals surface area contributed by atoms with Crippen molar-refractivity contribution in [3.8, 4) is 11.6 Å². The zero-order valence-electron chi connectivity index (χ0n) is 12.7. The first-order chi connectivity index (χ1) is 11.0. The first-order valence-electron chi connectivity index (χ1n) is 7.01. The first-order valence-corrected chi connectivity index (χ1v) is 7.01. The van der Waals surface area contributed by atoms with E-state index in [1.807, 2.05) is 25.1 Å². The van der Waals surface area contributed by atoms with Crippen LogP contribution in [0.25, 0.3) is 10.9 Å². The van der Waals surface area contributed by atoms with Crippen LogP contribution in [0.5, 0.6) is 11.6 Å². The number of azo groups is 1. The number of carbonyl (C=O) groups is 1. The van der Waals surface area contributed by atoms with Gasteiger partial charge in [-0.2, -0.15) is 0 Å². The zero-order chi connectivity index (χ0) is 16.6. The van der Waals surface area contributed by atoms with Gasteiger partial charge in [-0.25, -0.2) is 0 Å². The van der Waals surface area contributed by atoms with Crippen LogP contribution in [0.2, 0.25) is 0 Å². The van der Waals surface area contributed by atoms with Gasteiger partial charge < -0.3 is 14.8 Å². The number of phenols is 1. The highest BCUT2D eigenvalue weighted by molar-refractivity contribution is 5.98. The van der Waals surface area contributed by atoms with E-state index in [4.69, 9.17) is 0 Å². The standard InChI is InChI=1S/C17H15N3O3/c1-10-7-8-13-12(9-10)15(17(23)20(13)2)18-19-16(22)11-5-3-4-6-14(11)21/h3-9,21,23H,1-2H3. The lowest BCUT2D eigenvalue weighted by Crippen LogP contribution is -1.93. The van der Waals surface area contributed by atoms with Crippen molar-refractivity contribution in [1.82, 2.24) is 4.57 Å². The third-order valence-corrected chi connectivity index (χ3v) is 3.67. The van der Waals surface area contributed by atoms with Crippen LogP contribution in [0.15, 0.2) is 52.7 Å². The molecule has 116 valence electrons. The summed E-state index contributed by atoms with van der Waals surface area (Å²) in [7, 11) is 1.71. The lowest BCUT2D eigenvalue weighted by molar-refractivity contribution is 0.0992. The van der Waals surface area contributed by atoms with Crippen LogP contribution < -0.4 is 0 Å². The molecule has 3 rings (SSSR count). The molecule has 0 spiro atoms. The Kier molecular flexibility index (Phi) is 3.57. The molecule has 0 saturated heterocycles. The quantitative estimate of drug-likeness (QED) is 0.705. The van der Waals surface area contributed by atoms with Gasteiger partial charge in [0.15, 0.2) is 5.69 Å². The van der Waals surface area contributed by atoms with Gasteiger partial charge in [-0.05, 0) is 31.2 Å². The Morgan fingerprint density at radius 2 is 1.87 bits per heavy atom. The van der Waals surface area contributed by atoms with E-state index < -0.39 is 5.91 Å². The minimum atomic E-state index is -0.674. The fourth-order valence-electron chi connectivity index (χ4n) is 2.43. The van der Waals surface area contributed by atoms with Gasteiger partial charge in [-0.3, -0.25) is 4.79 Å². The van der Waals surface area contributed by atoms with E-state index in [9.17, 15) is 15.0 Å². The summed E-state index contributed by atoms with van der Waals surface area (Å²) in [4.78, 5) is 12.1.